The molecule has 2 fully saturated rings. The van der Waals surface area contributed by atoms with Gasteiger partial charge in [0.15, 0.2) is 0 Å². The van der Waals surface area contributed by atoms with Crippen molar-refractivity contribution in [2.24, 2.45) is 17.8 Å². The summed E-state index contributed by atoms with van der Waals surface area (Å²) in [6, 6.07) is 10.0. The van der Waals surface area contributed by atoms with Crippen molar-refractivity contribution in [3.8, 4) is 0 Å². The van der Waals surface area contributed by atoms with E-state index in [0.29, 0.717) is 31.3 Å². The number of aromatic nitrogens is 4. The monoisotopic (exact) mass is 418 g/mol. The number of nitrogens with one attached hydrogen (secondary N) is 2. The van der Waals surface area contributed by atoms with Gasteiger partial charge in [-0.3, -0.25) is 9.69 Å². The standard InChI is InChI=1S/C24H30N6O/c1-16-25-10-8-19(27-16)12-17-6-7-18-13-30(14-20(17)18)15-24(31)26-11-9-23-28-21-4-2-3-5-22(21)29-23/h2-5,8,10,17-18,20H,6-7,9,11-15H2,1H3,(H,26,31)(H,28,29)/t17-,18-,20-/m1/s1. The van der Waals surface area contributed by atoms with Crippen molar-refractivity contribution in [1.29, 1.82) is 0 Å². The van der Waals surface area contributed by atoms with E-state index < -0.39 is 0 Å². The average molecular weight is 419 g/mol. The van der Waals surface area contributed by atoms with Gasteiger partial charge in [0.25, 0.3) is 0 Å². The Hall–Kier alpha value is -2.80. The Kier molecular flexibility index (Phi) is 5.68. The lowest BCUT2D eigenvalue weighted by molar-refractivity contribution is -0.122. The Morgan fingerprint density at radius 1 is 1.19 bits per heavy atom. The first-order chi connectivity index (χ1) is 15.1. The van der Waals surface area contributed by atoms with E-state index in [4.69, 9.17) is 0 Å². The highest BCUT2D eigenvalue weighted by molar-refractivity contribution is 5.78. The number of rotatable bonds is 7. The molecule has 31 heavy (non-hydrogen) atoms. The molecule has 0 spiro atoms. The third kappa shape index (κ3) is 4.61. The van der Waals surface area contributed by atoms with Gasteiger partial charge in [0.1, 0.15) is 11.6 Å². The third-order valence-corrected chi connectivity index (χ3v) is 6.88. The number of fused-ring (bicyclic) bond motifs is 2. The predicted molar refractivity (Wildman–Crippen MR) is 119 cm³/mol. The first-order valence-electron chi connectivity index (χ1n) is 11.4. The summed E-state index contributed by atoms with van der Waals surface area (Å²) >= 11 is 0. The molecule has 5 rings (SSSR count). The molecule has 1 saturated heterocycles. The van der Waals surface area contributed by atoms with E-state index in [0.717, 1.165) is 53.8 Å². The number of aryl methyl sites for hydroxylation is 1. The summed E-state index contributed by atoms with van der Waals surface area (Å²) in [5.74, 6) is 3.94. The molecule has 2 aliphatic rings. The van der Waals surface area contributed by atoms with Crippen LogP contribution in [0.4, 0.5) is 0 Å². The highest BCUT2D eigenvalue weighted by Gasteiger charge is 2.42. The number of imidazole rings is 1. The smallest absolute Gasteiger partial charge is 0.234 e. The van der Waals surface area contributed by atoms with Crippen LogP contribution in [0.15, 0.2) is 36.5 Å². The Bertz CT molecular complexity index is 1030. The molecule has 2 aromatic heterocycles. The molecule has 0 radical (unpaired) electrons. The van der Waals surface area contributed by atoms with Gasteiger partial charge in [-0.25, -0.2) is 15.0 Å². The predicted octanol–water partition coefficient (Wildman–Crippen LogP) is 2.52. The number of amides is 1. The molecule has 1 amide bonds. The van der Waals surface area contributed by atoms with Gasteiger partial charge in [0.05, 0.1) is 17.6 Å². The van der Waals surface area contributed by atoms with Crippen LogP contribution in [0.5, 0.6) is 0 Å². The molecule has 2 N–H and O–H groups in total. The Morgan fingerprint density at radius 3 is 2.97 bits per heavy atom. The zero-order valence-electron chi connectivity index (χ0n) is 18.1. The molecular weight excluding hydrogens is 388 g/mol. The highest BCUT2D eigenvalue weighted by Crippen LogP contribution is 2.43. The van der Waals surface area contributed by atoms with E-state index >= 15 is 0 Å². The van der Waals surface area contributed by atoms with Crippen LogP contribution in [0.2, 0.25) is 0 Å². The Labute approximate surface area is 182 Å². The summed E-state index contributed by atoms with van der Waals surface area (Å²) in [7, 11) is 0. The lowest BCUT2D eigenvalue weighted by Gasteiger charge is -2.20. The van der Waals surface area contributed by atoms with E-state index in [1.165, 1.54) is 12.8 Å². The molecule has 1 aromatic carbocycles. The Balaban J connectivity index is 1.08. The van der Waals surface area contributed by atoms with Gasteiger partial charge in [0, 0.05) is 37.9 Å². The van der Waals surface area contributed by atoms with Gasteiger partial charge >= 0.3 is 0 Å². The summed E-state index contributed by atoms with van der Waals surface area (Å²) in [6.07, 6.45) is 6.15. The Morgan fingerprint density at radius 2 is 2.10 bits per heavy atom. The molecular formula is C24H30N6O. The van der Waals surface area contributed by atoms with Crippen LogP contribution in [0, 0.1) is 24.7 Å². The van der Waals surface area contributed by atoms with E-state index in [2.05, 4.69) is 30.2 Å². The minimum Gasteiger partial charge on any atom is -0.355 e. The summed E-state index contributed by atoms with van der Waals surface area (Å²) in [4.78, 5) is 31.5. The number of hydrogen-bond donors (Lipinski definition) is 2. The number of para-hydroxylation sites is 2. The summed E-state index contributed by atoms with van der Waals surface area (Å²) in [5, 5.41) is 3.07. The van der Waals surface area contributed by atoms with Crippen LogP contribution in [-0.2, 0) is 17.6 Å². The van der Waals surface area contributed by atoms with Gasteiger partial charge in [-0.2, -0.15) is 0 Å². The maximum absolute atomic E-state index is 12.5. The number of hydrogen-bond acceptors (Lipinski definition) is 5. The highest BCUT2D eigenvalue weighted by atomic mass is 16.2. The minimum absolute atomic E-state index is 0.110. The third-order valence-electron chi connectivity index (χ3n) is 6.88. The summed E-state index contributed by atoms with van der Waals surface area (Å²) < 4.78 is 0. The van der Waals surface area contributed by atoms with Crippen molar-refractivity contribution in [3.63, 3.8) is 0 Å². The minimum atomic E-state index is 0.110. The first-order valence-corrected chi connectivity index (χ1v) is 11.4. The van der Waals surface area contributed by atoms with Crippen LogP contribution < -0.4 is 5.32 Å². The molecule has 1 aliphatic heterocycles. The molecule has 3 atom stereocenters. The van der Waals surface area contributed by atoms with Gasteiger partial charge in [-0.1, -0.05) is 12.1 Å². The maximum Gasteiger partial charge on any atom is 0.234 e. The average Bonchev–Trinajstić information content (AvgIpc) is 3.43. The topological polar surface area (TPSA) is 86.8 Å². The van der Waals surface area contributed by atoms with E-state index in [1.807, 2.05) is 43.5 Å². The molecule has 0 bridgehead atoms. The number of likely N-dealkylation sites (tertiary alicyclic amines) is 1. The van der Waals surface area contributed by atoms with E-state index in [-0.39, 0.29) is 5.91 Å². The number of carbonyl (C=O) groups excluding carboxylic acids is 1. The molecule has 162 valence electrons. The van der Waals surface area contributed by atoms with Crippen molar-refractivity contribution in [3.05, 3.63) is 53.9 Å². The lowest BCUT2D eigenvalue weighted by Crippen LogP contribution is -2.37. The zero-order valence-corrected chi connectivity index (χ0v) is 18.1. The number of H-pyrrole nitrogens is 1. The largest absolute Gasteiger partial charge is 0.355 e. The normalized spacial score (nSPS) is 23.3. The fourth-order valence-electron chi connectivity index (χ4n) is 5.44. The fraction of sp³-hybridized carbons (Fsp3) is 0.500. The van der Waals surface area contributed by atoms with Gasteiger partial charge in [-0.15, -0.1) is 0 Å². The number of nitrogens with zero attached hydrogens (tertiary/aromatic N) is 4. The summed E-state index contributed by atoms with van der Waals surface area (Å²) in [6.45, 7) is 5.12. The number of aromatic amines is 1. The molecule has 1 aliphatic carbocycles. The number of carbonyl (C=O) groups is 1. The molecule has 7 heteroatoms. The second-order valence-corrected chi connectivity index (χ2v) is 9.06. The van der Waals surface area contributed by atoms with Gasteiger partial charge < -0.3 is 10.3 Å². The van der Waals surface area contributed by atoms with Gasteiger partial charge in [-0.05, 0) is 62.1 Å². The van der Waals surface area contributed by atoms with Crippen LogP contribution in [0.3, 0.4) is 0 Å². The second-order valence-electron chi connectivity index (χ2n) is 9.06. The van der Waals surface area contributed by atoms with E-state index in [9.17, 15) is 4.79 Å². The van der Waals surface area contributed by atoms with Crippen molar-refractivity contribution >= 4 is 16.9 Å². The van der Waals surface area contributed by atoms with Crippen molar-refractivity contribution in [2.45, 2.75) is 32.6 Å². The molecule has 3 heterocycles. The fourth-order valence-corrected chi connectivity index (χ4v) is 5.44. The molecule has 1 saturated carbocycles. The van der Waals surface area contributed by atoms with E-state index in [1.54, 1.807) is 0 Å². The quantitative estimate of drug-likeness (QED) is 0.616. The van der Waals surface area contributed by atoms with Crippen LogP contribution in [0.1, 0.15) is 30.2 Å². The zero-order chi connectivity index (χ0) is 21.2. The van der Waals surface area contributed by atoms with Gasteiger partial charge in [0.2, 0.25) is 5.91 Å². The van der Waals surface area contributed by atoms with Crippen LogP contribution in [-0.4, -0.2) is 56.9 Å². The lowest BCUT2D eigenvalue weighted by atomic mass is 9.89. The first kappa shape index (κ1) is 20.1. The maximum atomic E-state index is 12.5. The van der Waals surface area contributed by atoms with Crippen LogP contribution in [0.25, 0.3) is 11.0 Å². The van der Waals surface area contributed by atoms with Crippen molar-refractivity contribution in [2.75, 3.05) is 26.2 Å². The summed E-state index contributed by atoms with van der Waals surface area (Å²) in [5.41, 5.74) is 3.16. The second kappa shape index (κ2) is 8.75. The van der Waals surface area contributed by atoms with Crippen molar-refractivity contribution in [1.82, 2.24) is 30.2 Å². The molecule has 3 aromatic rings. The van der Waals surface area contributed by atoms with Crippen LogP contribution >= 0.6 is 0 Å². The van der Waals surface area contributed by atoms with Crippen molar-refractivity contribution < 1.29 is 4.79 Å². The SMILES string of the molecule is Cc1nccc(C[C@H]2CC[C@@H]3CN(CC(=O)NCCc4nc5ccccc5[nH]4)C[C@H]23)n1. The number of benzene rings is 1. The molecule has 7 nitrogen and oxygen atoms in total. The molecule has 0 unspecified atom stereocenters.